The molecule has 1 N–H and O–H groups in total. The molecule has 0 radical (unpaired) electrons. The lowest BCUT2D eigenvalue weighted by Crippen LogP contribution is -2.48. The van der Waals surface area contributed by atoms with Crippen LogP contribution in [0, 0.1) is 6.92 Å². The van der Waals surface area contributed by atoms with Gasteiger partial charge in [0.2, 0.25) is 0 Å². The monoisotopic (exact) mass is 293 g/mol. The van der Waals surface area contributed by atoms with Crippen LogP contribution in [0.5, 0.6) is 0 Å². The number of nitrogens with one attached hydrogen (secondary N) is 1. The van der Waals surface area contributed by atoms with Gasteiger partial charge in [0.15, 0.2) is 0 Å². The lowest BCUT2D eigenvalue weighted by molar-refractivity contribution is 0.0356. The van der Waals surface area contributed by atoms with Gasteiger partial charge in [-0.3, -0.25) is 10.00 Å². The second-order valence-electron chi connectivity index (χ2n) is 6.25. The number of aromatic amines is 1. The maximum absolute atomic E-state index is 15.1. The maximum Gasteiger partial charge on any atom is 0.127 e. The Morgan fingerprint density at radius 1 is 1.48 bits per heavy atom. The molecular weight excluding hydrogens is 272 g/mol. The van der Waals surface area contributed by atoms with Gasteiger partial charge >= 0.3 is 0 Å². The third-order valence-corrected chi connectivity index (χ3v) is 4.60. The zero-order valence-electron chi connectivity index (χ0n) is 12.5. The lowest BCUT2D eigenvalue weighted by Gasteiger charge is -2.41. The van der Waals surface area contributed by atoms with E-state index in [2.05, 4.69) is 16.3 Å². The smallest absolute Gasteiger partial charge is 0.127 e. The predicted molar refractivity (Wildman–Crippen MR) is 80.1 cm³/mol. The summed E-state index contributed by atoms with van der Waals surface area (Å²) >= 11 is 0. The number of H-pyrrole nitrogens is 1. The quantitative estimate of drug-likeness (QED) is 0.941. The number of benzene rings is 1. The van der Waals surface area contributed by atoms with Gasteiger partial charge in [0.25, 0.3) is 0 Å². The van der Waals surface area contributed by atoms with Crippen molar-refractivity contribution < 1.29 is 8.78 Å². The number of hydrogen-bond donors (Lipinski definition) is 1. The Morgan fingerprint density at radius 3 is 3.00 bits per heavy atom. The van der Waals surface area contributed by atoms with E-state index in [1.165, 1.54) is 0 Å². The summed E-state index contributed by atoms with van der Waals surface area (Å²) in [4.78, 5) is 1.88. The molecule has 21 heavy (non-hydrogen) atoms. The molecule has 2 atom stereocenters. The van der Waals surface area contributed by atoms with E-state index in [0.29, 0.717) is 19.5 Å². The lowest BCUT2D eigenvalue weighted by atomic mass is 9.77. The zero-order valence-corrected chi connectivity index (χ0v) is 12.5. The van der Waals surface area contributed by atoms with E-state index in [-0.39, 0.29) is 5.92 Å². The number of fused-ring (bicyclic) bond motifs is 1. The molecular formula is C16H21F2N3. The summed E-state index contributed by atoms with van der Waals surface area (Å²) in [6, 6.07) is 4.07. The molecule has 2 heterocycles. The fourth-order valence-corrected chi connectivity index (χ4v) is 3.53. The number of aryl methyl sites for hydroxylation is 1. The normalized spacial score (nSPS) is 27.3. The molecule has 1 aliphatic heterocycles. The summed E-state index contributed by atoms with van der Waals surface area (Å²) in [7, 11) is 0. The third kappa shape index (κ3) is 2.67. The maximum atomic E-state index is 15.1. The largest absolute Gasteiger partial charge is 0.298 e. The van der Waals surface area contributed by atoms with E-state index in [0.717, 1.165) is 28.6 Å². The molecule has 3 nitrogen and oxygen atoms in total. The Bertz CT molecular complexity index is 635. The van der Waals surface area contributed by atoms with E-state index in [9.17, 15) is 4.39 Å². The Morgan fingerprint density at radius 2 is 2.29 bits per heavy atom. The second kappa shape index (κ2) is 5.37. The van der Waals surface area contributed by atoms with Crippen molar-refractivity contribution in [1.29, 1.82) is 0 Å². The van der Waals surface area contributed by atoms with Crippen LogP contribution in [0.15, 0.2) is 18.3 Å². The Labute approximate surface area is 123 Å². The van der Waals surface area contributed by atoms with Crippen molar-refractivity contribution in [3.63, 3.8) is 0 Å². The molecule has 0 aliphatic carbocycles. The summed E-state index contributed by atoms with van der Waals surface area (Å²) < 4.78 is 27.6. The minimum Gasteiger partial charge on any atom is -0.298 e. The van der Waals surface area contributed by atoms with Crippen molar-refractivity contribution in [1.82, 2.24) is 15.1 Å². The molecule has 1 fully saturated rings. The topological polar surface area (TPSA) is 31.9 Å². The first-order valence-electron chi connectivity index (χ1n) is 7.42. The number of likely N-dealkylation sites (tertiary alicyclic amines) is 1. The minimum atomic E-state index is -1.34. The van der Waals surface area contributed by atoms with Crippen molar-refractivity contribution in [2.24, 2.45) is 0 Å². The molecule has 1 unspecified atom stereocenters. The second-order valence-corrected chi connectivity index (χ2v) is 6.25. The van der Waals surface area contributed by atoms with Crippen LogP contribution in [-0.2, 0) is 0 Å². The number of rotatable bonds is 3. The number of aromatic nitrogens is 2. The molecule has 1 aromatic heterocycles. The van der Waals surface area contributed by atoms with E-state index in [1.807, 2.05) is 17.9 Å². The number of piperidine rings is 1. The highest BCUT2D eigenvalue weighted by atomic mass is 19.1. The Balaban J connectivity index is 1.92. The van der Waals surface area contributed by atoms with Crippen molar-refractivity contribution in [3.05, 3.63) is 29.5 Å². The molecule has 114 valence electrons. The molecule has 5 heteroatoms. The Hall–Kier alpha value is -1.49. The van der Waals surface area contributed by atoms with E-state index in [4.69, 9.17) is 0 Å². The standard InChI is InChI=1S/C16H21F2N3/c1-11-7-12-9-19-20-15(12)8-13(11)14-3-5-21(6-4-17)10-16(14,2)18/h7-9,14H,3-6,10H2,1-2H3,(H,19,20)/t14?,16-/m0/s1. The van der Waals surface area contributed by atoms with Crippen LogP contribution in [-0.4, -0.2) is 47.1 Å². The molecule has 0 saturated carbocycles. The molecule has 0 amide bonds. The van der Waals surface area contributed by atoms with Crippen LogP contribution in [0.3, 0.4) is 0 Å². The van der Waals surface area contributed by atoms with E-state index >= 15 is 4.39 Å². The van der Waals surface area contributed by atoms with Crippen molar-refractivity contribution in [2.75, 3.05) is 26.3 Å². The van der Waals surface area contributed by atoms with Gasteiger partial charge in [0.05, 0.1) is 11.7 Å². The number of nitrogens with zero attached hydrogens (tertiary/aromatic N) is 2. The van der Waals surface area contributed by atoms with Gasteiger partial charge in [0.1, 0.15) is 12.3 Å². The predicted octanol–water partition coefficient (Wildman–Crippen LogP) is 3.36. The van der Waals surface area contributed by atoms with E-state index < -0.39 is 12.3 Å². The van der Waals surface area contributed by atoms with Crippen molar-refractivity contribution >= 4 is 10.9 Å². The highest BCUT2D eigenvalue weighted by Crippen LogP contribution is 2.40. The molecule has 1 saturated heterocycles. The van der Waals surface area contributed by atoms with Crippen LogP contribution in [0.4, 0.5) is 8.78 Å². The van der Waals surface area contributed by atoms with Gasteiger partial charge in [0, 0.05) is 24.4 Å². The average molecular weight is 293 g/mol. The number of hydrogen-bond acceptors (Lipinski definition) is 2. The highest BCUT2D eigenvalue weighted by Gasteiger charge is 2.41. The summed E-state index contributed by atoms with van der Waals surface area (Å²) in [5.74, 6) is -0.152. The van der Waals surface area contributed by atoms with Crippen molar-refractivity contribution in [2.45, 2.75) is 31.9 Å². The first-order valence-corrected chi connectivity index (χ1v) is 7.42. The third-order valence-electron chi connectivity index (χ3n) is 4.60. The molecule has 1 aromatic carbocycles. The molecule has 0 bridgehead atoms. The van der Waals surface area contributed by atoms with Gasteiger partial charge in [-0.05, 0) is 50.1 Å². The SMILES string of the molecule is Cc1cc2cn[nH]c2cc1C1CCN(CCF)C[C@]1(C)F. The molecule has 2 aromatic rings. The fourth-order valence-electron chi connectivity index (χ4n) is 3.53. The van der Waals surface area contributed by atoms with Gasteiger partial charge in [-0.1, -0.05) is 0 Å². The molecule has 0 spiro atoms. The summed E-state index contributed by atoms with van der Waals surface area (Å²) in [5.41, 5.74) is 1.73. The van der Waals surface area contributed by atoms with E-state index in [1.54, 1.807) is 13.1 Å². The summed E-state index contributed by atoms with van der Waals surface area (Å²) in [5, 5.41) is 8.03. The van der Waals surface area contributed by atoms with Crippen LogP contribution in [0.2, 0.25) is 0 Å². The average Bonchev–Trinajstić information content (AvgIpc) is 2.85. The fraction of sp³-hybridized carbons (Fsp3) is 0.562. The number of halogens is 2. The molecule has 3 rings (SSSR count). The van der Waals surface area contributed by atoms with Crippen molar-refractivity contribution in [3.8, 4) is 0 Å². The van der Waals surface area contributed by atoms with Gasteiger partial charge < -0.3 is 0 Å². The summed E-state index contributed by atoms with van der Waals surface area (Å²) in [6.45, 7) is 4.60. The minimum absolute atomic E-state index is 0.152. The van der Waals surface area contributed by atoms with Crippen LogP contribution < -0.4 is 0 Å². The Kier molecular flexibility index (Phi) is 3.69. The first-order chi connectivity index (χ1) is 10.0. The van der Waals surface area contributed by atoms with Crippen LogP contribution in [0.1, 0.15) is 30.4 Å². The summed E-state index contributed by atoms with van der Waals surface area (Å²) in [6.07, 6.45) is 2.50. The zero-order chi connectivity index (χ0) is 15.0. The molecule has 1 aliphatic rings. The van der Waals surface area contributed by atoms with Gasteiger partial charge in [-0.25, -0.2) is 8.78 Å². The first kappa shape index (κ1) is 14.4. The van der Waals surface area contributed by atoms with Crippen LogP contribution in [0.25, 0.3) is 10.9 Å². The highest BCUT2D eigenvalue weighted by molar-refractivity contribution is 5.79. The van der Waals surface area contributed by atoms with Gasteiger partial charge in [-0.2, -0.15) is 5.10 Å². The van der Waals surface area contributed by atoms with Crippen LogP contribution >= 0.6 is 0 Å². The van der Waals surface area contributed by atoms with Gasteiger partial charge in [-0.15, -0.1) is 0 Å². The number of alkyl halides is 2.